The summed E-state index contributed by atoms with van der Waals surface area (Å²) < 4.78 is 0. The molecule has 0 unspecified atom stereocenters. The Balaban J connectivity index is 0.00000210. The third-order valence-corrected chi connectivity index (χ3v) is 6.73. The van der Waals surface area contributed by atoms with E-state index in [1.165, 1.54) is 72.4 Å². The summed E-state index contributed by atoms with van der Waals surface area (Å²) in [5.74, 6) is 0. The number of hydrogen-bond acceptors (Lipinski definition) is 0. The summed E-state index contributed by atoms with van der Waals surface area (Å²) in [6.07, 6.45) is 10.8. The Morgan fingerprint density at radius 1 is 0.926 bits per heavy atom. The average molecular weight is 435 g/mol. The van der Waals surface area contributed by atoms with Gasteiger partial charge in [0, 0.05) is 26.2 Å². The van der Waals surface area contributed by atoms with Gasteiger partial charge >= 0.3 is 0 Å². The fourth-order valence-corrected chi connectivity index (χ4v) is 4.96. The Morgan fingerprint density at radius 2 is 1.67 bits per heavy atom. The third kappa shape index (κ3) is 4.35. The van der Waals surface area contributed by atoms with Crippen LogP contribution >= 0.6 is 0 Å². The van der Waals surface area contributed by atoms with E-state index in [1.807, 2.05) is 0 Å². The van der Waals surface area contributed by atoms with Gasteiger partial charge < -0.3 is 0 Å². The van der Waals surface area contributed by atoms with Gasteiger partial charge in [-0.1, -0.05) is 75.4 Å². The van der Waals surface area contributed by atoms with Crippen LogP contribution in [0.25, 0.3) is 21.9 Å². The molecule has 0 N–H and O–H groups in total. The van der Waals surface area contributed by atoms with Crippen LogP contribution in [0.1, 0.15) is 63.5 Å². The molecule has 1 aliphatic rings. The summed E-state index contributed by atoms with van der Waals surface area (Å²) in [5.41, 5.74) is 6.22. The summed E-state index contributed by atoms with van der Waals surface area (Å²) in [4.78, 5) is 0. The van der Waals surface area contributed by atoms with E-state index in [9.17, 15) is 0 Å². The normalized spacial score (nSPS) is 16.2. The summed E-state index contributed by atoms with van der Waals surface area (Å²) in [6, 6.07) is 20.8. The number of aryl methyl sites for hydroxylation is 1. The number of benzene rings is 2. The average Bonchev–Trinajstić information content (AvgIpc) is 3.11. The fraction of sp³-hybridized carbons (Fsp3) is 0.423. The van der Waals surface area contributed by atoms with Gasteiger partial charge in [0.15, 0.2) is 0 Å². The first-order valence-corrected chi connectivity index (χ1v) is 10.5. The van der Waals surface area contributed by atoms with E-state index < -0.39 is 0 Å². The summed E-state index contributed by atoms with van der Waals surface area (Å²) in [7, 11) is 0. The molecule has 0 bridgehead atoms. The van der Waals surface area contributed by atoms with Crippen LogP contribution in [0.2, 0.25) is 0 Å². The SMILES string of the molecule is CCc1ccc(-c2cccc3[cH-]c(CC4(CC)CCCCC4)cc23)cc1.[Zr]. The van der Waals surface area contributed by atoms with Crippen LogP contribution in [-0.4, -0.2) is 0 Å². The van der Waals surface area contributed by atoms with Crippen molar-refractivity contribution in [2.45, 2.75) is 65.2 Å². The van der Waals surface area contributed by atoms with Gasteiger partial charge in [-0.3, -0.25) is 0 Å². The van der Waals surface area contributed by atoms with E-state index in [0.29, 0.717) is 5.41 Å². The monoisotopic (exact) mass is 433 g/mol. The number of fused-ring (bicyclic) bond motifs is 1. The van der Waals surface area contributed by atoms with E-state index in [2.05, 4.69) is 68.4 Å². The maximum absolute atomic E-state index is 2.48. The molecule has 3 aromatic rings. The minimum Gasteiger partial charge on any atom is -0.164 e. The van der Waals surface area contributed by atoms with Gasteiger partial charge in [-0.2, -0.15) is 6.07 Å². The molecule has 1 saturated carbocycles. The second-order valence-corrected chi connectivity index (χ2v) is 8.31. The van der Waals surface area contributed by atoms with E-state index in [-0.39, 0.29) is 26.2 Å². The van der Waals surface area contributed by atoms with Crippen LogP contribution in [0.5, 0.6) is 0 Å². The second-order valence-electron chi connectivity index (χ2n) is 8.31. The Kier molecular flexibility index (Phi) is 6.85. The second kappa shape index (κ2) is 8.96. The minimum atomic E-state index is 0. The predicted octanol–water partition coefficient (Wildman–Crippen LogP) is 7.69. The molecule has 0 spiro atoms. The zero-order valence-corrected chi connectivity index (χ0v) is 19.3. The summed E-state index contributed by atoms with van der Waals surface area (Å²) in [6.45, 7) is 4.61. The molecule has 0 saturated heterocycles. The quantitative estimate of drug-likeness (QED) is 0.361. The minimum absolute atomic E-state index is 0. The topological polar surface area (TPSA) is 0 Å². The first kappa shape index (κ1) is 20.7. The largest absolute Gasteiger partial charge is 0.164 e. The van der Waals surface area contributed by atoms with E-state index in [0.717, 1.165) is 6.42 Å². The molecule has 0 atom stereocenters. The van der Waals surface area contributed by atoms with Gasteiger partial charge in [-0.05, 0) is 42.2 Å². The molecule has 3 aromatic carbocycles. The van der Waals surface area contributed by atoms with Gasteiger partial charge in [0.25, 0.3) is 0 Å². The standard InChI is InChI=1S/C26H31.Zr/c1-3-20-11-13-22(14-12-20)24-10-8-9-23-17-21(18-25(23)24)19-26(4-2)15-6-5-7-16-26;/h8-14,17-18H,3-7,15-16,19H2,1-2H3;/q-1;. The number of hydrogen-bond donors (Lipinski definition) is 0. The zero-order chi connectivity index (χ0) is 18.0. The summed E-state index contributed by atoms with van der Waals surface area (Å²) in [5, 5.41) is 2.83. The molecule has 0 heterocycles. The molecule has 0 amide bonds. The molecular formula is C26H31Zr-. The van der Waals surface area contributed by atoms with Gasteiger partial charge in [0.05, 0.1) is 0 Å². The summed E-state index contributed by atoms with van der Waals surface area (Å²) >= 11 is 0. The third-order valence-electron chi connectivity index (χ3n) is 6.73. The van der Waals surface area contributed by atoms with Crippen molar-refractivity contribution in [3.05, 3.63) is 65.7 Å². The Morgan fingerprint density at radius 3 is 2.33 bits per heavy atom. The van der Waals surface area contributed by atoms with Crippen molar-refractivity contribution >= 4 is 10.8 Å². The van der Waals surface area contributed by atoms with Gasteiger partial charge in [0.1, 0.15) is 0 Å². The van der Waals surface area contributed by atoms with E-state index in [4.69, 9.17) is 0 Å². The molecule has 1 aliphatic carbocycles. The molecule has 0 nitrogen and oxygen atoms in total. The van der Waals surface area contributed by atoms with Crippen molar-refractivity contribution in [3.63, 3.8) is 0 Å². The fourth-order valence-electron chi connectivity index (χ4n) is 4.96. The van der Waals surface area contributed by atoms with Crippen molar-refractivity contribution in [2.24, 2.45) is 5.41 Å². The number of rotatable bonds is 5. The van der Waals surface area contributed by atoms with Gasteiger partial charge in [0.2, 0.25) is 0 Å². The van der Waals surface area contributed by atoms with E-state index >= 15 is 0 Å². The first-order chi connectivity index (χ1) is 12.7. The van der Waals surface area contributed by atoms with Crippen LogP contribution in [0.3, 0.4) is 0 Å². The van der Waals surface area contributed by atoms with Crippen LogP contribution in [0.15, 0.2) is 54.6 Å². The molecular weight excluding hydrogens is 404 g/mol. The smallest absolute Gasteiger partial charge is 0 e. The Labute approximate surface area is 183 Å². The zero-order valence-electron chi connectivity index (χ0n) is 16.9. The van der Waals surface area contributed by atoms with Crippen molar-refractivity contribution in [1.82, 2.24) is 0 Å². The van der Waals surface area contributed by atoms with Crippen LogP contribution < -0.4 is 0 Å². The molecule has 0 aromatic heterocycles. The first-order valence-electron chi connectivity index (χ1n) is 10.5. The van der Waals surface area contributed by atoms with Crippen molar-refractivity contribution in [3.8, 4) is 11.1 Å². The maximum atomic E-state index is 2.48. The molecule has 140 valence electrons. The maximum Gasteiger partial charge on any atom is 0 e. The van der Waals surface area contributed by atoms with Crippen molar-refractivity contribution in [2.75, 3.05) is 0 Å². The Hall–Kier alpha value is -1.07. The van der Waals surface area contributed by atoms with Gasteiger partial charge in [-0.25, -0.2) is 0 Å². The Bertz CT molecular complexity index is 863. The van der Waals surface area contributed by atoms with Crippen LogP contribution in [0, 0.1) is 5.41 Å². The van der Waals surface area contributed by atoms with Gasteiger partial charge in [-0.15, -0.1) is 34.5 Å². The van der Waals surface area contributed by atoms with E-state index in [1.54, 1.807) is 5.56 Å². The molecule has 27 heavy (non-hydrogen) atoms. The molecule has 0 radical (unpaired) electrons. The van der Waals surface area contributed by atoms with Crippen molar-refractivity contribution in [1.29, 1.82) is 0 Å². The molecule has 1 fully saturated rings. The molecule has 0 aliphatic heterocycles. The predicted molar refractivity (Wildman–Crippen MR) is 114 cm³/mol. The molecule has 1 heteroatoms. The van der Waals surface area contributed by atoms with Crippen LogP contribution in [0.4, 0.5) is 0 Å². The molecule has 4 rings (SSSR count). The van der Waals surface area contributed by atoms with Crippen molar-refractivity contribution < 1.29 is 26.2 Å². The van der Waals surface area contributed by atoms with Crippen LogP contribution in [-0.2, 0) is 39.0 Å².